The lowest BCUT2D eigenvalue weighted by Gasteiger charge is -2.01. The average molecular weight is 231 g/mol. The molecule has 0 saturated heterocycles. The Hall–Kier alpha value is -2.35. The van der Waals surface area contributed by atoms with Crippen molar-refractivity contribution in [1.29, 1.82) is 5.26 Å². The van der Waals surface area contributed by atoms with Gasteiger partial charge < -0.3 is 10.1 Å². The fourth-order valence-corrected chi connectivity index (χ4v) is 1.15. The Morgan fingerprint density at radius 3 is 2.59 bits per heavy atom. The molecule has 17 heavy (non-hydrogen) atoms. The third kappa shape index (κ3) is 3.61. The van der Waals surface area contributed by atoms with Gasteiger partial charge in [-0.3, -0.25) is 0 Å². The zero-order valence-corrected chi connectivity index (χ0v) is 9.73. The summed E-state index contributed by atoms with van der Waals surface area (Å²) >= 11 is 0. The van der Waals surface area contributed by atoms with E-state index in [1.807, 2.05) is 0 Å². The maximum absolute atomic E-state index is 11.3. The van der Waals surface area contributed by atoms with Crippen molar-refractivity contribution >= 4 is 23.1 Å². The summed E-state index contributed by atoms with van der Waals surface area (Å²) in [6, 6.07) is 8.75. The molecule has 0 aliphatic heterocycles. The molecule has 0 bridgehead atoms. The van der Waals surface area contributed by atoms with E-state index in [1.54, 1.807) is 44.3 Å². The molecule has 1 aromatic rings. The minimum atomic E-state index is -0.701. The molecule has 1 rings (SSSR count). The van der Waals surface area contributed by atoms with Gasteiger partial charge in [-0.1, -0.05) is 0 Å². The van der Waals surface area contributed by atoms with E-state index in [2.05, 4.69) is 10.3 Å². The molecule has 0 fully saturated rings. The topological polar surface area (TPSA) is 74.5 Å². The third-order valence-electron chi connectivity index (χ3n) is 1.97. The molecule has 88 valence electrons. The van der Waals surface area contributed by atoms with E-state index in [0.29, 0.717) is 5.69 Å². The highest BCUT2D eigenvalue weighted by molar-refractivity contribution is 6.43. The van der Waals surface area contributed by atoms with Gasteiger partial charge in [0.2, 0.25) is 5.71 Å². The van der Waals surface area contributed by atoms with E-state index in [1.165, 1.54) is 0 Å². The zero-order chi connectivity index (χ0) is 12.7. The number of anilines is 1. The van der Waals surface area contributed by atoms with E-state index in [9.17, 15) is 4.79 Å². The summed E-state index contributed by atoms with van der Waals surface area (Å²) in [4.78, 5) is 15.2. The second-order valence-corrected chi connectivity index (χ2v) is 3.09. The van der Waals surface area contributed by atoms with Crippen LogP contribution in [0, 0.1) is 11.3 Å². The number of carbonyl (C=O) groups excluding carboxylic acids is 1. The predicted octanol–water partition coefficient (Wildman–Crippen LogP) is 1.89. The Morgan fingerprint density at radius 2 is 2.12 bits per heavy atom. The number of nitrogens with one attached hydrogen (secondary N) is 1. The van der Waals surface area contributed by atoms with Gasteiger partial charge in [0, 0.05) is 12.7 Å². The van der Waals surface area contributed by atoms with Gasteiger partial charge in [0.25, 0.3) is 0 Å². The van der Waals surface area contributed by atoms with Crippen LogP contribution in [0.4, 0.5) is 11.4 Å². The van der Waals surface area contributed by atoms with Crippen LogP contribution in [-0.4, -0.2) is 25.3 Å². The van der Waals surface area contributed by atoms with Crippen LogP contribution in [-0.2, 0) is 9.53 Å². The number of nitriles is 1. The highest BCUT2D eigenvalue weighted by atomic mass is 16.5. The van der Waals surface area contributed by atoms with Gasteiger partial charge in [0.05, 0.1) is 12.3 Å². The van der Waals surface area contributed by atoms with Gasteiger partial charge >= 0.3 is 5.97 Å². The van der Waals surface area contributed by atoms with Crippen molar-refractivity contribution in [3.05, 3.63) is 24.3 Å². The molecular formula is C12H13N3O2. The summed E-state index contributed by atoms with van der Waals surface area (Å²) in [7, 11) is 1.80. The summed E-state index contributed by atoms with van der Waals surface area (Å²) in [6.07, 6.45) is 0. The fraction of sp³-hybridized carbons (Fsp3) is 0.250. The van der Waals surface area contributed by atoms with Crippen LogP contribution in [0.3, 0.4) is 0 Å². The first-order valence-corrected chi connectivity index (χ1v) is 5.15. The molecule has 0 unspecified atom stereocenters. The molecule has 1 N–H and O–H groups in total. The van der Waals surface area contributed by atoms with E-state index in [-0.39, 0.29) is 12.3 Å². The van der Waals surface area contributed by atoms with Crippen molar-refractivity contribution in [2.75, 3.05) is 19.0 Å². The van der Waals surface area contributed by atoms with Gasteiger partial charge in [-0.25, -0.2) is 9.79 Å². The zero-order valence-electron chi connectivity index (χ0n) is 9.73. The number of carbonyl (C=O) groups is 1. The Morgan fingerprint density at radius 1 is 1.47 bits per heavy atom. The number of nitrogens with zero attached hydrogens (tertiary/aromatic N) is 2. The standard InChI is InChI=1S/C12H13N3O2/c1-3-17-12(16)11(8-13)15-10-6-4-9(14-2)5-7-10/h4-7,14H,3H2,1-2H3. The first-order chi connectivity index (χ1) is 8.21. The van der Waals surface area contributed by atoms with Gasteiger partial charge in [0.1, 0.15) is 6.07 Å². The largest absolute Gasteiger partial charge is 0.461 e. The molecule has 0 aromatic heterocycles. The number of benzene rings is 1. The number of esters is 1. The lowest BCUT2D eigenvalue weighted by molar-refractivity contribution is -0.134. The predicted molar refractivity (Wildman–Crippen MR) is 65.3 cm³/mol. The summed E-state index contributed by atoms with van der Waals surface area (Å²) in [5, 5.41) is 11.8. The number of hydrogen-bond donors (Lipinski definition) is 1. The maximum atomic E-state index is 11.3. The van der Waals surface area contributed by atoms with E-state index in [4.69, 9.17) is 10.00 Å². The summed E-state index contributed by atoms with van der Waals surface area (Å²) in [5.74, 6) is -0.701. The third-order valence-corrected chi connectivity index (χ3v) is 1.97. The van der Waals surface area contributed by atoms with E-state index >= 15 is 0 Å². The Labute approximate surface area is 99.7 Å². The molecule has 0 aliphatic rings. The van der Waals surface area contributed by atoms with Crippen molar-refractivity contribution in [3.63, 3.8) is 0 Å². The Balaban J connectivity index is 2.91. The van der Waals surface area contributed by atoms with Gasteiger partial charge in [0.15, 0.2) is 0 Å². The summed E-state index contributed by atoms with van der Waals surface area (Å²) in [5.41, 5.74) is 1.22. The van der Waals surface area contributed by atoms with Gasteiger partial charge in [-0.15, -0.1) is 0 Å². The number of hydrogen-bond acceptors (Lipinski definition) is 5. The highest BCUT2D eigenvalue weighted by Crippen LogP contribution is 2.16. The van der Waals surface area contributed by atoms with Crippen molar-refractivity contribution in [2.24, 2.45) is 4.99 Å². The molecule has 0 spiro atoms. The van der Waals surface area contributed by atoms with E-state index < -0.39 is 5.97 Å². The van der Waals surface area contributed by atoms with E-state index in [0.717, 1.165) is 5.69 Å². The lowest BCUT2D eigenvalue weighted by atomic mass is 10.3. The van der Waals surface area contributed by atoms with Crippen LogP contribution in [0.15, 0.2) is 29.3 Å². The Bertz CT molecular complexity index is 458. The van der Waals surface area contributed by atoms with Crippen molar-refractivity contribution in [1.82, 2.24) is 0 Å². The van der Waals surface area contributed by atoms with Crippen molar-refractivity contribution < 1.29 is 9.53 Å². The first kappa shape index (κ1) is 12.7. The molecular weight excluding hydrogens is 218 g/mol. The number of rotatable bonds is 4. The minimum absolute atomic E-state index is 0.220. The molecule has 0 atom stereocenters. The highest BCUT2D eigenvalue weighted by Gasteiger charge is 2.11. The molecule has 0 heterocycles. The minimum Gasteiger partial charge on any atom is -0.461 e. The molecule has 0 saturated carbocycles. The molecule has 0 amide bonds. The normalized spacial score (nSPS) is 10.5. The van der Waals surface area contributed by atoms with Crippen LogP contribution < -0.4 is 5.32 Å². The number of aliphatic imine (C=N–C) groups is 1. The number of ether oxygens (including phenoxy) is 1. The lowest BCUT2D eigenvalue weighted by Crippen LogP contribution is -2.15. The Kier molecular flexibility index (Phi) is 4.70. The van der Waals surface area contributed by atoms with Gasteiger partial charge in [-0.05, 0) is 31.2 Å². The quantitative estimate of drug-likeness (QED) is 0.634. The maximum Gasteiger partial charge on any atom is 0.367 e. The summed E-state index contributed by atoms with van der Waals surface area (Å²) in [6.45, 7) is 1.90. The monoisotopic (exact) mass is 231 g/mol. The average Bonchev–Trinajstić information content (AvgIpc) is 2.37. The molecule has 0 aliphatic carbocycles. The second kappa shape index (κ2) is 6.28. The van der Waals surface area contributed by atoms with Gasteiger partial charge in [-0.2, -0.15) is 5.26 Å². The SMILES string of the molecule is CCOC(=O)C(C#N)=Nc1ccc(NC)cc1. The fourth-order valence-electron chi connectivity index (χ4n) is 1.15. The second-order valence-electron chi connectivity index (χ2n) is 3.09. The van der Waals surface area contributed by atoms with Crippen LogP contribution in [0.5, 0.6) is 0 Å². The van der Waals surface area contributed by atoms with Crippen LogP contribution in [0.25, 0.3) is 0 Å². The smallest absolute Gasteiger partial charge is 0.367 e. The van der Waals surface area contributed by atoms with Crippen LogP contribution in [0.1, 0.15) is 6.92 Å². The molecule has 1 aromatic carbocycles. The van der Waals surface area contributed by atoms with Crippen molar-refractivity contribution in [3.8, 4) is 6.07 Å². The molecule has 5 heteroatoms. The molecule has 5 nitrogen and oxygen atoms in total. The van der Waals surface area contributed by atoms with Crippen LogP contribution in [0.2, 0.25) is 0 Å². The molecule has 0 radical (unpaired) electrons. The van der Waals surface area contributed by atoms with Crippen LogP contribution >= 0.6 is 0 Å². The first-order valence-electron chi connectivity index (χ1n) is 5.15. The summed E-state index contributed by atoms with van der Waals surface area (Å²) < 4.78 is 4.71. The van der Waals surface area contributed by atoms with Crippen molar-refractivity contribution in [2.45, 2.75) is 6.92 Å².